The molecule has 2 aliphatic heterocycles. The first-order valence-corrected chi connectivity index (χ1v) is 12.6. The normalized spacial score (nSPS) is 20.2. The van der Waals surface area contributed by atoms with E-state index in [1.54, 1.807) is 18.2 Å². The third-order valence-electron chi connectivity index (χ3n) is 6.67. The number of carbonyl (C=O) groups excluding carboxylic acids is 1. The van der Waals surface area contributed by atoms with Gasteiger partial charge in [0.25, 0.3) is 6.47 Å². The fraction of sp³-hybridized carbons (Fsp3) is 0.385. The molecular weight excluding hydrogens is 499 g/mol. The van der Waals surface area contributed by atoms with E-state index in [4.69, 9.17) is 31.0 Å². The van der Waals surface area contributed by atoms with Crippen LogP contribution in [0.1, 0.15) is 13.8 Å². The lowest BCUT2D eigenvalue weighted by Gasteiger charge is -2.42. The molecule has 0 N–H and O–H groups in total. The first-order chi connectivity index (χ1) is 17.9. The molecule has 2 fully saturated rings. The summed E-state index contributed by atoms with van der Waals surface area (Å²) in [5.41, 5.74) is 1.57. The first-order valence-electron chi connectivity index (χ1n) is 12.2. The summed E-state index contributed by atoms with van der Waals surface area (Å²) in [6, 6.07) is 10.1. The van der Waals surface area contributed by atoms with Gasteiger partial charge in [-0.1, -0.05) is 11.6 Å². The highest BCUT2D eigenvalue weighted by Crippen LogP contribution is 2.32. The van der Waals surface area contributed by atoms with Crippen LogP contribution in [0.25, 0.3) is 11.3 Å². The van der Waals surface area contributed by atoms with Crippen molar-refractivity contribution < 1.29 is 18.7 Å². The molecule has 4 heterocycles. The third-order valence-corrected chi connectivity index (χ3v) is 6.95. The maximum atomic E-state index is 13.6. The molecule has 0 saturated carbocycles. The fourth-order valence-electron chi connectivity index (χ4n) is 4.75. The van der Waals surface area contributed by atoms with E-state index in [1.807, 2.05) is 6.07 Å². The highest BCUT2D eigenvalue weighted by molar-refractivity contribution is 6.33. The van der Waals surface area contributed by atoms with Crippen LogP contribution >= 0.6 is 11.6 Å². The maximum absolute atomic E-state index is 13.6. The van der Waals surface area contributed by atoms with Crippen molar-refractivity contribution in [3.8, 4) is 17.0 Å². The Morgan fingerprint density at radius 3 is 2.59 bits per heavy atom. The molecule has 0 bridgehead atoms. The van der Waals surface area contributed by atoms with Gasteiger partial charge < -0.3 is 24.2 Å². The summed E-state index contributed by atoms with van der Waals surface area (Å²) in [4.78, 5) is 31.4. The van der Waals surface area contributed by atoms with Crippen molar-refractivity contribution in [1.29, 1.82) is 0 Å². The predicted octanol–water partition coefficient (Wildman–Crippen LogP) is 3.81. The Bertz CT molecular complexity index is 1260. The summed E-state index contributed by atoms with van der Waals surface area (Å²) >= 11 is 6.44. The molecule has 1 aromatic carbocycles. The van der Waals surface area contributed by atoms with Crippen molar-refractivity contribution in [2.45, 2.75) is 25.9 Å². The molecule has 9 nitrogen and oxygen atoms in total. The lowest BCUT2D eigenvalue weighted by Crippen LogP contribution is -2.53. The summed E-state index contributed by atoms with van der Waals surface area (Å²) in [5, 5.41) is 0.421. The van der Waals surface area contributed by atoms with Crippen molar-refractivity contribution in [2.24, 2.45) is 0 Å². The van der Waals surface area contributed by atoms with Crippen LogP contribution in [0.4, 0.5) is 22.0 Å². The number of pyridine rings is 1. The van der Waals surface area contributed by atoms with Gasteiger partial charge in [0.15, 0.2) is 5.75 Å². The van der Waals surface area contributed by atoms with Crippen molar-refractivity contribution in [1.82, 2.24) is 15.0 Å². The van der Waals surface area contributed by atoms with E-state index in [-0.39, 0.29) is 17.9 Å². The zero-order valence-corrected chi connectivity index (χ0v) is 21.4. The number of rotatable bonds is 6. The first kappa shape index (κ1) is 25.2. The number of aromatic nitrogens is 3. The van der Waals surface area contributed by atoms with Crippen molar-refractivity contribution in [3.05, 3.63) is 53.4 Å². The Labute approximate surface area is 219 Å². The minimum atomic E-state index is -0.289. The number of benzene rings is 1. The molecule has 194 valence electrons. The maximum Gasteiger partial charge on any atom is 0.298 e. The number of halogens is 2. The zero-order valence-electron chi connectivity index (χ0n) is 20.7. The monoisotopic (exact) mass is 526 g/mol. The Balaban J connectivity index is 1.43. The molecule has 2 aromatic heterocycles. The molecule has 2 aliphatic rings. The van der Waals surface area contributed by atoms with Gasteiger partial charge in [-0.3, -0.25) is 4.79 Å². The lowest BCUT2D eigenvalue weighted by molar-refractivity contribution is -0.120. The Morgan fingerprint density at radius 2 is 1.89 bits per heavy atom. The van der Waals surface area contributed by atoms with Gasteiger partial charge in [-0.05, 0) is 38.1 Å². The number of morpholine rings is 1. The van der Waals surface area contributed by atoms with Crippen LogP contribution in [-0.2, 0) is 9.53 Å². The van der Waals surface area contributed by atoms with Crippen LogP contribution < -0.4 is 19.4 Å². The lowest BCUT2D eigenvalue weighted by atomic mass is 10.1. The predicted molar refractivity (Wildman–Crippen MR) is 140 cm³/mol. The second kappa shape index (κ2) is 10.9. The molecular formula is C26H28ClFN6O3. The van der Waals surface area contributed by atoms with E-state index in [2.05, 4.69) is 33.5 Å². The van der Waals surface area contributed by atoms with E-state index in [9.17, 15) is 9.18 Å². The molecule has 5 rings (SSSR count). The van der Waals surface area contributed by atoms with Gasteiger partial charge >= 0.3 is 0 Å². The van der Waals surface area contributed by atoms with Gasteiger partial charge in [0.2, 0.25) is 5.95 Å². The highest BCUT2D eigenvalue weighted by Gasteiger charge is 2.29. The molecule has 0 spiro atoms. The van der Waals surface area contributed by atoms with Crippen LogP contribution in [0, 0.1) is 5.82 Å². The van der Waals surface area contributed by atoms with Gasteiger partial charge in [0.1, 0.15) is 17.5 Å². The summed E-state index contributed by atoms with van der Waals surface area (Å²) in [5.74, 6) is 2.10. The molecule has 0 radical (unpaired) electrons. The van der Waals surface area contributed by atoms with Crippen LogP contribution in [-0.4, -0.2) is 72.9 Å². The summed E-state index contributed by atoms with van der Waals surface area (Å²) < 4.78 is 24.1. The highest BCUT2D eigenvalue weighted by atomic mass is 35.5. The number of ether oxygens (including phenoxy) is 2. The largest absolute Gasteiger partial charge is 0.427 e. The van der Waals surface area contributed by atoms with Crippen LogP contribution in [0.5, 0.6) is 5.75 Å². The Hall–Kier alpha value is -3.50. The SMILES string of the molecule is C[C@@H]1CN(c2ncc(OC=O)cc2Cl)CCN1c1cc(-c2ccc(F)cc2)nc(N2CCOC[C@H]2C)n1. The van der Waals surface area contributed by atoms with Crippen molar-refractivity contribution >= 4 is 35.7 Å². The van der Waals surface area contributed by atoms with Gasteiger partial charge in [-0.2, -0.15) is 4.98 Å². The second-order valence-electron chi connectivity index (χ2n) is 9.21. The molecule has 37 heavy (non-hydrogen) atoms. The molecule has 0 aliphatic carbocycles. The second-order valence-corrected chi connectivity index (χ2v) is 9.62. The number of nitrogens with zero attached hydrogens (tertiary/aromatic N) is 6. The molecule has 3 aromatic rings. The van der Waals surface area contributed by atoms with Crippen LogP contribution in [0.15, 0.2) is 42.6 Å². The van der Waals surface area contributed by atoms with E-state index in [0.29, 0.717) is 68.4 Å². The Morgan fingerprint density at radius 1 is 1.08 bits per heavy atom. The van der Waals surface area contributed by atoms with Gasteiger partial charge in [-0.15, -0.1) is 0 Å². The average molecular weight is 527 g/mol. The fourth-order valence-corrected chi connectivity index (χ4v) is 5.02. The molecule has 0 unspecified atom stereocenters. The van der Waals surface area contributed by atoms with Gasteiger partial charge in [-0.25, -0.2) is 14.4 Å². The van der Waals surface area contributed by atoms with Crippen molar-refractivity contribution in [3.63, 3.8) is 0 Å². The Kier molecular flexibility index (Phi) is 7.38. The molecule has 2 atom stereocenters. The quantitative estimate of drug-likeness (QED) is 0.445. The summed E-state index contributed by atoms with van der Waals surface area (Å²) in [6.45, 7) is 8.51. The minimum Gasteiger partial charge on any atom is -0.427 e. The molecule has 2 saturated heterocycles. The minimum absolute atomic E-state index is 0.0865. The van der Waals surface area contributed by atoms with E-state index < -0.39 is 0 Å². The number of carbonyl (C=O) groups is 1. The van der Waals surface area contributed by atoms with Crippen LogP contribution in [0.2, 0.25) is 5.02 Å². The van der Waals surface area contributed by atoms with E-state index >= 15 is 0 Å². The number of anilines is 3. The van der Waals surface area contributed by atoms with Crippen molar-refractivity contribution in [2.75, 3.05) is 54.1 Å². The molecule has 11 heteroatoms. The third kappa shape index (κ3) is 5.45. The smallest absolute Gasteiger partial charge is 0.298 e. The average Bonchev–Trinajstić information content (AvgIpc) is 2.89. The van der Waals surface area contributed by atoms with Gasteiger partial charge in [0.05, 0.1) is 36.2 Å². The van der Waals surface area contributed by atoms with Gasteiger partial charge in [0, 0.05) is 49.9 Å². The van der Waals surface area contributed by atoms with E-state index in [1.165, 1.54) is 18.3 Å². The van der Waals surface area contributed by atoms with E-state index in [0.717, 1.165) is 17.1 Å². The summed E-state index contributed by atoms with van der Waals surface area (Å²) in [7, 11) is 0. The molecule has 0 amide bonds. The number of piperazine rings is 1. The standard InChI is InChI=1S/C26H28ClFN6O3/c1-17-14-32(25-22(27)11-21(13-29-25)37-16-35)7-8-33(17)24-12-23(19-3-5-20(28)6-4-19)30-26(31-24)34-9-10-36-15-18(34)2/h3-6,11-13,16-18H,7-10,14-15H2,1-2H3/t17-,18-/m1/s1. The number of hydrogen-bond acceptors (Lipinski definition) is 9. The summed E-state index contributed by atoms with van der Waals surface area (Å²) in [6.07, 6.45) is 1.49. The topological polar surface area (TPSA) is 83.9 Å². The van der Waals surface area contributed by atoms with Crippen LogP contribution in [0.3, 0.4) is 0 Å². The number of hydrogen-bond donors (Lipinski definition) is 0. The zero-order chi connectivity index (χ0) is 25.9.